The highest BCUT2D eigenvalue weighted by Gasteiger charge is 2.02. The molecule has 1 aromatic heterocycles. The Morgan fingerprint density at radius 1 is 1.47 bits per heavy atom. The van der Waals surface area contributed by atoms with Crippen LogP contribution >= 0.6 is 0 Å². The fraction of sp³-hybridized carbons (Fsp3) is 0.636. The van der Waals surface area contributed by atoms with E-state index in [1.807, 2.05) is 6.92 Å². The molecule has 1 aromatic rings. The van der Waals surface area contributed by atoms with Crippen LogP contribution < -0.4 is 16.6 Å². The first-order valence-corrected chi connectivity index (χ1v) is 5.75. The molecule has 1 rings (SSSR count). The Kier molecular flexibility index (Phi) is 5.65. The van der Waals surface area contributed by atoms with Crippen molar-refractivity contribution in [3.05, 3.63) is 11.8 Å². The topological polar surface area (TPSA) is 85.1 Å². The van der Waals surface area contributed by atoms with Gasteiger partial charge in [0.15, 0.2) is 0 Å². The summed E-state index contributed by atoms with van der Waals surface area (Å²) in [5.41, 5.74) is 3.40. The lowest BCUT2D eigenvalue weighted by atomic mass is 10.2. The minimum absolute atomic E-state index is 0.404. The van der Waals surface area contributed by atoms with Crippen molar-refractivity contribution in [1.29, 1.82) is 0 Å². The van der Waals surface area contributed by atoms with E-state index in [0.29, 0.717) is 25.0 Å². The van der Waals surface area contributed by atoms with Crippen molar-refractivity contribution >= 4 is 11.8 Å². The van der Waals surface area contributed by atoms with Crippen LogP contribution in [0, 0.1) is 12.8 Å². The van der Waals surface area contributed by atoms with Crippen molar-refractivity contribution in [3.63, 3.8) is 0 Å². The molecule has 0 saturated carbocycles. The largest absolute Gasteiger partial charge is 0.379 e. The Morgan fingerprint density at radius 2 is 2.24 bits per heavy atom. The van der Waals surface area contributed by atoms with Crippen LogP contribution in [0.1, 0.15) is 19.4 Å². The molecule has 0 bridgehead atoms. The van der Waals surface area contributed by atoms with E-state index in [0.717, 1.165) is 18.0 Å². The van der Waals surface area contributed by atoms with Gasteiger partial charge >= 0.3 is 0 Å². The number of hydrazine groups is 1. The first kappa shape index (κ1) is 13.7. The van der Waals surface area contributed by atoms with Crippen molar-refractivity contribution in [1.82, 2.24) is 9.97 Å². The number of nitrogens with zero attached hydrogens (tertiary/aromatic N) is 2. The second-order valence-electron chi connectivity index (χ2n) is 4.27. The van der Waals surface area contributed by atoms with Gasteiger partial charge < -0.3 is 10.1 Å². The average molecular weight is 239 g/mol. The molecule has 0 atom stereocenters. The number of nitrogens with one attached hydrogen (secondary N) is 2. The van der Waals surface area contributed by atoms with Crippen LogP contribution in [0.3, 0.4) is 0 Å². The number of hydrogen-bond donors (Lipinski definition) is 3. The number of hydrogen-bond acceptors (Lipinski definition) is 6. The number of nitrogens with two attached hydrogens (primary N) is 1. The Bertz CT molecular complexity index is 343. The van der Waals surface area contributed by atoms with Crippen LogP contribution in [0.5, 0.6) is 0 Å². The predicted octanol–water partition coefficient (Wildman–Crippen LogP) is 1.16. The Balaban J connectivity index is 2.35. The van der Waals surface area contributed by atoms with Gasteiger partial charge in [0.25, 0.3) is 0 Å². The average Bonchev–Trinajstić information content (AvgIpc) is 2.30. The third-order valence-corrected chi connectivity index (χ3v) is 2.09. The Morgan fingerprint density at radius 3 is 2.88 bits per heavy atom. The Hall–Kier alpha value is -1.40. The zero-order valence-corrected chi connectivity index (χ0v) is 10.7. The quantitative estimate of drug-likeness (QED) is 0.376. The van der Waals surface area contributed by atoms with E-state index in [4.69, 9.17) is 10.6 Å². The van der Waals surface area contributed by atoms with E-state index in [2.05, 4.69) is 34.6 Å². The third-order valence-electron chi connectivity index (χ3n) is 2.09. The first-order chi connectivity index (χ1) is 8.13. The van der Waals surface area contributed by atoms with Gasteiger partial charge in [-0.3, -0.25) is 5.43 Å². The van der Waals surface area contributed by atoms with Gasteiger partial charge in [0.1, 0.15) is 5.82 Å². The maximum Gasteiger partial charge on any atom is 0.239 e. The van der Waals surface area contributed by atoms with Gasteiger partial charge in [0.05, 0.1) is 6.61 Å². The molecular weight excluding hydrogens is 218 g/mol. The van der Waals surface area contributed by atoms with Crippen LogP contribution in [0.15, 0.2) is 6.20 Å². The second kappa shape index (κ2) is 7.03. The highest BCUT2D eigenvalue weighted by molar-refractivity contribution is 5.45. The number of anilines is 2. The minimum Gasteiger partial charge on any atom is -0.379 e. The van der Waals surface area contributed by atoms with E-state index in [9.17, 15) is 0 Å². The number of nitrogen functional groups attached to an aromatic ring is 1. The fourth-order valence-corrected chi connectivity index (χ4v) is 1.25. The lowest BCUT2D eigenvalue weighted by Crippen LogP contribution is -2.16. The standard InChI is InChI=1S/C11H21N5O/c1-8(2)7-17-5-4-13-10-9(3)6-14-11(15-10)16-12/h6,8H,4-5,7,12H2,1-3H3,(H2,13,14,15,16). The fourth-order valence-electron chi connectivity index (χ4n) is 1.25. The number of aryl methyl sites for hydroxylation is 1. The number of ether oxygens (including phenoxy) is 1. The molecule has 6 heteroatoms. The van der Waals surface area contributed by atoms with Gasteiger partial charge in [-0.15, -0.1) is 0 Å². The Labute approximate surface area is 102 Å². The smallest absolute Gasteiger partial charge is 0.239 e. The van der Waals surface area contributed by atoms with E-state index in [1.165, 1.54) is 0 Å². The molecule has 1 heterocycles. The molecule has 96 valence electrons. The predicted molar refractivity (Wildman–Crippen MR) is 68.7 cm³/mol. The van der Waals surface area contributed by atoms with Crippen molar-refractivity contribution in [2.45, 2.75) is 20.8 Å². The van der Waals surface area contributed by atoms with Crippen LogP contribution in [0.25, 0.3) is 0 Å². The molecule has 0 unspecified atom stereocenters. The van der Waals surface area contributed by atoms with Gasteiger partial charge in [-0.25, -0.2) is 10.8 Å². The third kappa shape index (κ3) is 4.97. The SMILES string of the molecule is Cc1cnc(NN)nc1NCCOCC(C)C. The normalized spacial score (nSPS) is 10.6. The summed E-state index contributed by atoms with van der Waals surface area (Å²) < 4.78 is 5.47. The van der Waals surface area contributed by atoms with E-state index in [1.54, 1.807) is 6.20 Å². The van der Waals surface area contributed by atoms with Crippen molar-refractivity contribution in [3.8, 4) is 0 Å². The van der Waals surface area contributed by atoms with Gasteiger partial charge in [-0.2, -0.15) is 4.98 Å². The summed E-state index contributed by atoms with van der Waals surface area (Å²) in [6.07, 6.45) is 1.72. The zero-order chi connectivity index (χ0) is 12.7. The summed E-state index contributed by atoms with van der Waals surface area (Å²) >= 11 is 0. The second-order valence-corrected chi connectivity index (χ2v) is 4.27. The van der Waals surface area contributed by atoms with Crippen molar-refractivity contribution in [2.75, 3.05) is 30.5 Å². The number of rotatable bonds is 7. The van der Waals surface area contributed by atoms with Crippen LogP contribution in [-0.4, -0.2) is 29.7 Å². The summed E-state index contributed by atoms with van der Waals surface area (Å²) in [5.74, 6) is 6.99. The van der Waals surface area contributed by atoms with Crippen LogP contribution in [-0.2, 0) is 4.74 Å². The molecule has 17 heavy (non-hydrogen) atoms. The van der Waals surface area contributed by atoms with E-state index >= 15 is 0 Å². The summed E-state index contributed by atoms with van der Waals surface area (Å²) in [6, 6.07) is 0. The minimum atomic E-state index is 0.404. The van der Waals surface area contributed by atoms with Crippen LogP contribution in [0.4, 0.5) is 11.8 Å². The van der Waals surface area contributed by atoms with E-state index < -0.39 is 0 Å². The van der Waals surface area contributed by atoms with E-state index in [-0.39, 0.29) is 0 Å². The summed E-state index contributed by atoms with van der Waals surface area (Å²) in [6.45, 7) is 8.35. The molecule has 0 aromatic carbocycles. The summed E-state index contributed by atoms with van der Waals surface area (Å²) in [4.78, 5) is 8.22. The lowest BCUT2D eigenvalue weighted by molar-refractivity contribution is 0.118. The maximum absolute atomic E-state index is 5.47. The zero-order valence-electron chi connectivity index (χ0n) is 10.7. The lowest BCUT2D eigenvalue weighted by Gasteiger charge is -2.10. The molecule has 0 spiro atoms. The molecule has 0 radical (unpaired) electrons. The molecule has 0 saturated heterocycles. The molecule has 4 N–H and O–H groups in total. The molecule has 0 aliphatic carbocycles. The molecule has 0 aliphatic rings. The van der Waals surface area contributed by atoms with Gasteiger partial charge in [-0.05, 0) is 12.8 Å². The maximum atomic E-state index is 5.47. The first-order valence-electron chi connectivity index (χ1n) is 5.75. The van der Waals surface area contributed by atoms with Crippen LogP contribution in [0.2, 0.25) is 0 Å². The summed E-state index contributed by atoms with van der Waals surface area (Å²) in [5, 5.41) is 3.19. The summed E-state index contributed by atoms with van der Waals surface area (Å²) in [7, 11) is 0. The molecular formula is C11H21N5O. The molecule has 0 aliphatic heterocycles. The van der Waals surface area contributed by atoms with Crippen molar-refractivity contribution in [2.24, 2.45) is 11.8 Å². The number of aromatic nitrogens is 2. The molecule has 0 fully saturated rings. The molecule has 6 nitrogen and oxygen atoms in total. The van der Waals surface area contributed by atoms with Gasteiger partial charge in [0.2, 0.25) is 5.95 Å². The molecule has 0 amide bonds. The van der Waals surface area contributed by atoms with Gasteiger partial charge in [0, 0.05) is 24.9 Å². The van der Waals surface area contributed by atoms with Gasteiger partial charge in [-0.1, -0.05) is 13.8 Å². The highest BCUT2D eigenvalue weighted by Crippen LogP contribution is 2.11. The highest BCUT2D eigenvalue weighted by atomic mass is 16.5. The van der Waals surface area contributed by atoms with Crippen molar-refractivity contribution < 1.29 is 4.74 Å². The monoisotopic (exact) mass is 239 g/mol.